The molecule has 1 atom stereocenters. The molecule has 0 bridgehead atoms. The minimum atomic E-state index is -4.54. The van der Waals surface area contributed by atoms with Crippen LogP contribution in [0.2, 0.25) is 0 Å². The third-order valence-electron chi connectivity index (χ3n) is 9.56. The summed E-state index contributed by atoms with van der Waals surface area (Å²) in [5.41, 5.74) is 1.67. The molecular weight excluding hydrogens is 585 g/mol. The molecule has 1 saturated carbocycles. The van der Waals surface area contributed by atoms with E-state index in [1.54, 1.807) is 12.3 Å². The van der Waals surface area contributed by atoms with Gasteiger partial charge in [0.2, 0.25) is 0 Å². The Morgan fingerprint density at radius 2 is 1.96 bits per heavy atom. The van der Waals surface area contributed by atoms with Crippen LogP contribution in [0, 0.1) is 11.3 Å². The Hall–Kier alpha value is -4.06. The van der Waals surface area contributed by atoms with Crippen LogP contribution in [0.1, 0.15) is 49.8 Å². The maximum atomic E-state index is 13.7. The summed E-state index contributed by atoms with van der Waals surface area (Å²) < 4.78 is 43.0. The van der Waals surface area contributed by atoms with Crippen molar-refractivity contribution in [3.05, 3.63) is 54.4 Å². The van der Waals surface area contributed by atoms with E-state index in [9.17, 15) is 23.5 Å². The third-order valence-corrected chi connectivity index (χ3v) is 9.56. The van der Waals surface area contributed by atoms with E-state index in [1.165, 1.54) is 6.33 Å². The third kappa shape index (κ3) is 5.99. The van der Waals surface area contributed by atoms with Gasteiger partial charge in [-0.05, 0) is 55.9 Å². The van der Waals surface area contributed by atoms with Gasteiger partial charge in [0, 0.05) is 68.2 Å². The second kappa shape index (κ2) is 11.7. The van der Waals surface area contributed by atoms with Crippen molar-refractivity contribution in [2.45, 2.75) is 75.0 Å². The van der Waals surface area contributed by atoms with E-state index < -0.39 is 18.0 Å². The zero-order chi connectivity index (χ0) is 31.2. The van der Waals surface area contributed by atoms with Crippen molar-refractivity contribution in [3.8, 4) is 17.3 Å². The monoisotopic (exact) mass is 620 g/mol. The van der Waals surface area contributed by atoms with Gasteiger partial charge in [0.15, 0.2) is 0 Å². The summed E-state index contributed by atoms with van der Waals surface area (Å²) in [7, 11) is 0. The van der Waals surface area contributed by atoms with Crippen LogP contribution in [0.5, 0.6) is 0 Å². The second-order valence-corrected chi connectivity index (χ2v) is 12.6. The quantitative estimate of drug-likeness (QED) is 0.266. The fraction of sp³-hybridized carbons (Fsp3) is 0.516. The average Bonchev–Trinajstić information content (AvgIpc) is 3.76. The first-order valence-corrected chi connectivity index (χ1v) is 15.4. The predicted octanol–water partition coefficient (Wildman–Crippen LogP) is 4.15. The summed E-state index contributed by atoms with van der Waals surface area (Å²) in [6, 6.07) is 7.43. The summed E-state index contributed by atoms with van der Waals surface area (Å²) in [5, 5.41) is 28.4. The van der Waals surface area contributed by atoms with Crippen molar-refractivity contribution < 1.29 is 18.3 Å². The van der Waals surface area contributed by atoms with Crippen molar-refractivity contribution in [2.75, 3.05) is 31.5 Å². The molecule has 0 aromatic carbocycles. The van der Waals surface area contributed by atoms with Crippen molar-refractivity contribution in [1.82, 2.24) is 39.5 Å². The second-order valence-electron chi connectivity index (χ2n) is 12.6. The van der Waals surface area contributed by atoms with Crippen molar-refractivity contribution >= 4 is 16.9 Å². The number of pyridine rings is 1. The first-order valence-electron chi connectivity index (χ1n) is 15.4. The number of β-amino-alcohol motifs (C(OH)–C–C–N with tert-alkyl or cyclic N) is 1. The smallest absolute Gasteiger partial charge is 0.392 e. The SMILES string of the molecule is N#CCC1(n2cc(-c3ncnc4[nH]ccc34)cn2)CC(N2CCC(Nc3cc(CN4CC[C@H](O)C4)cc(C(F)(F)F)n3)CC2)C1. The molecule has 4 aromatic rings. The maximum absolute atomic E-state index is 13.7. The number of hydrogen-bond donors (Lipinski definition) is 3. The van der Waals surface area contributed by atoms with Gasteiger partial charge in [0.1, 0.15) is 23.5 Å². The van der Waals surface area contributed by atoms with Crippen LogP contribution in [0.15, 0.2) is 43.1 Å². The first-order chi connectivity index (χ1) is 21.7. The number of rotatable bonds is 8. The molecule has 3 aliphatic rings. The number of halogens is 3. The van der Waals surface area contributed by atoms with Crippen molar-refractivity contribution in [1.29, 1.82) is 5.26 Å². The number of piperidine rings is 1. The molecule has 0 amide bonds. The summed E-state index contributed by atoms with van der Waals surface area (Å²) in [6.45, 7) is 3.07. The van der Waals surface area contributed by atoms with Crippen LogP contribution in [-0.2, 0) is 18.3 Å². The highest BCUT2D eigenvalue weighted by molar-refractivity contribution is 5.90. The van der Waals surface area contributed by atoms with Crippen molar-refractivity contribution in [2.24, 2.45) is 0 Å². The fourth-order valence-corrected chi connectivity index (χ4v) is 7.17. The molecular formula is C31H35F3N10O. The van der Waals surface area contributed by atoms with E-state index in [4.69, 9.17) is 0 Å². The zero-order valence-electron chi connectivity index (χ0n) is 24.7. The number of anilines is 1. The van der Waals surface area contributed by atoms with Crippen LogP contribution >= 0.6 is 0 Å². The minimum Gasteiger partial charge on any atom is -0.392 e. The molecule has 45 heavy (non-hydrogen) atoms. The van der Waals surface area contributed by atoms with Gasteiger partial charge in [-0.2, -0.15) is 23.5 Å². The number of hydrogen-bond acceptors (Lipinski definition) is 9. The number of nitrogens with zero attached hydrogens (tertiary/aromatic N) is 8. The average molecular weight is 621 g/mol. The number of nitrogens with one attached hydrogen (secondary N) is 2. The lowest BCUT2D eigenvalue weighted by atomic mass is 9.69. The Morgan fingerprint density at radius 1 is 1.13 bits per heavy atom. The molecule has 6 heterocycles. The van der Waals surface area contributed by atoms with Crippen LogP contribution in [0.25, 0.3) is 22.3 Å². The number of aliphatic hydroxyl groups is 1. The molecule has 3 fully saturated rings. The number of aliphatic hydroxyl groups excluding tert-OH is 1. The number of aromatic nitrogens is 6. The standard InChI is InChI=1S/C31H35F3N10O/c32-31(33,34)26-11-20(16-42-8-4-24(45)18-42)12-27(41-26)40-22-2-9-43(10-3-22)23-13-30(14-23,5-6-35)44-17-21(15-39-44)28-25-1-7-36-29(25)38-19-37-28/h1,7,11-12,15,17,19,22-24,45H,2-5,8-10,13-14,16,18H2,(H,40,41)(H,36,37,38)/t23?,24-,30?/m0/s1. The molecule has 1 aliphatic carbocycles. The maximum Gasteiger partial charge on any atom is 0.433 e. The Balaban J connectivity index is 0.982. The number of H-pyrrole nitrogens is 1. The minimum absolute atomic E-state index is 0.00874. The number of fused-ring (bicyclic) bond motifs is 1. The lowest BCUT2D eigenvalue weighted by molar-refractivity contribution is -0.141. The Morgan fingerprint density at radius 3 is 2.69 bits per heavy atom. The van der Waals surface area contributed by atoms with Gasteiger partial charge < -0.3 is 20.3 Å². The molecule has 7 rings (SSSR count). The molecule has 0 spiro atoms. The number of nitriles is 1. The van der Waals surface area contributed by atoms with Gasteiger partial charge in [0.05, 0.1) is 36.0 Å². The Bertz CT molecular complexity index is 1700. The molecule has 0 radical (unpaired) electrons. The van der Waals surface area contributed by atoms with Crippen LogP contribution in [-0.4, -0.2) is 89.0 Å². The summed E-state index contributed by atoms with van der Waals surface area (Å²) >= 11 is 0. The topological polar surface area (TPSA) is 135 Å². The molecule has 236 valence electrons. The zero-order valence-corrected chi connectivity index (χ0v) is 24.7. The van der Waals surface area contributed by atoms with E-state index in [0.29, 0.717) is 44.1 Å². The molecule has 2 aliphatic heterocycles. The normalized spacial score (nSPS) is 25.0. The van der Waals surface area contributed by atoms with Crippen LogP contribution < -0.4 is 5.32 Å². The molecule has 4 aromatic heterocycles. The van der Waals surface area contributed by atoms with E-state index in [-0.39, 0.29) is 17.4 Å². The van der Waals surface area contributed by atoms with Gasteiger partial charge in [0.25, 0.3) is 0 Å². The van der Waals surface area contributed by atoms with Gasteiger partial charge in [-0.3, -0.25) is 9.58 Å². The summed E-state index contributed by atoms with van der Waals surface area (Å²) in [5.74, 6) is 0.241. The van der Waals surface area contributed by atoms with Crippen LogP contribution in [0.4, 0.5) is 19.0 Å². The number of aromatic amines is 1. The van der Waals surface area contributed by atoms with Gasteiger partial charge in [-0.15, -0.1) is 0 Å². The van der Waals surface area contributed by atoms with E-state index in [1.807, 2.05) is 28.0 Å². The fourth-order valence-electron chi connectivity index (χ4n) is 7.17. The summed E-state index contributed by atoms with van der Waals surface area (Å²) in [6.07, 6.45) is 6.27. The molecule has 14 heteroatoms. The highest BCUT2D eigenvalue weighted by Crippen LogP contribution is 2.45. The Labute approximate surface area is 258 Å². The predicted molar refractivity (Wildman–Crippen MR) is 160 cm³/mol. The van der Waals surface area contributed by atoms with E-state index >= 15 is 0 Å². The number of likely N-dealkylation sites (tertiary alicyclic amines) is 2. The van der Waals surface area contributed by atoms with Gasteiger partial charge in [-0.1, -0.05) is 0 Å². The van der Waals surface area contributed by atoms with Crippen molar-refractivity contribution in [3.63, 3.8) is 0 Å². The summed E-state index contributed by atoms with van der Waals surface area (Å²) in [4.78, 5) is 20.1. The van der Waals surface area contributed by atoms with Gasteiger partial charge >= 0.3 is 6.18 Å². The molecule has 11 nitrogen and oxygen atoms in total. The van der Waals surface area contributed by atoms with Crippen LogP contribution in [0.3, 0.4) is 0 Å². The number of alkyl halides is 3. The molecule has 3 N–H and O–H groups in total. The van der Waals surface area contributed by atoms with E-state index in [2.05, 4.69) is 41.3 Å². The highest BCUT2D eigenvalue weighted by atomic mass is 19.4. The first kappa shape index (κ1) is 29.6. The largest absolute Gasteiger partial charge is 0.433 e. The molecule has 2 saturated heterocycles. The molecule has 0 unspecified atom stereocenters. The lowest BCUT2D eigenvalue weighted by Crippen LogP contribution is -2.58. The van der Waals surface area contributed by atoms with E-state index in [0.717, 1.165) is 67.1 Å². The Kier molecular flexibility index (Phi) is 7.71. The van der Waals surface area contributed by atoms with Gasteiger partial charge in [-0.25, -0.2) is 15.0 Å². The lowest BCUT2D eigenvalue weighted by Gasteiger charge is -2.52. The highest BCUT2D eigenvalue weighted by Gasteiger charge is 2.49.